The fourth-order valence-electron chi connectivity index (χ4n) is 0. The Hall–Kier alpha value is 1.81. The van der Waals surface area contributed by atoms with Gasteiger partial charge in [-0.1, -0.05) is 0 Å². The molecule has 0 atom stereocenters. The van der Waals surface area contributed by atoms with Gasteiger partial charge in [-0.25, -0.2) is 0 Å². The second-order valence-electron chi connectivity index (χ2n) is 0. The molecule has 0 spiro atoms. The predicted molar refractivity (Wildman–Crippen MR) is 6.12 cm³/mol. The minimum Gasteiger partial charge on any atom is -1.00 e. The Labute approximate surface area is 69.6 Å². The third-order valence-corrected chi connectivity index (χ3v) is 0. The summed E-state index contributed by atoms with van der Waals surface area (Å²) in [7, 11) is 0. The molecule has 0 amide bonds. The zero-order valence-corrected chi connectivity index (χ0v) is 5.52. The molecule has 0 rings (SSSR count). The Morgan fingerprint density at radius 2 is 1.00 bits per heavy atom. The summed E-state index contributed by atoms with van der Waals surface area (Å²) >= 11 is 0. The Morgan fingerprint density at radius 1 is 1.00 bits per heavy atom. The molecule has 0 aliphatic rings. The van der Waals surface area contributed by atoms with Gasteiger partial charge >= 0.3 is 18.9 Å². The van der Waals surface area contributed by atoms with Crippen LogP contribution in [-0.4, -0.2) is 0 Å². The Morgan fingerprint density at radius 3 is 1.00 bits per heavy atom. The Kier molecular flexibility index (Phi) is 219. The van der Waals surface area contributed by atoms with Gasteiger partial charge in [-0.05, 0) is 0 Å². The standard InChI is InChI=1S/2FH.Li.Nd.H/h2*1H;;;/q;;+1;;-1. The SMILES string of the molecule is F.F.[H-].[Li+].[Nd]. The van der Waals surface area contributed by atoms with Crippen LogP contribution in [0.15, 0.2) is 0 Å². The zero-order valence-electron chi connectivity index (χ0n) is 3.32. The van der Waals surface area contributed by atoms with Crippen molar-refractivity contribution in [2.75, 3.05) is 0 Å². The number of hydrogen-bond donors (Lipinski definition) is 0. The molecule has 0 saturated carbocycles. The van der Waals surface area contributed by atoms with Crippen LogP contribution in [0.2, 0.25) is 0 Å². The van der Waals surface area contributed by atoms with E-state index in [0.717, 1.165) is 0 Å². The van der Waals surface area contributed by atoms with Crippen molar-refractivity contribution in [3.8, 4) is 0 Å². The molecule has 0 fully saturated rings. The molecule has 0 N–H and O–H groups in total. The maximum atomic E-state index is 0. The van der Waals surface area contributed by atoms with Crippen molar-refractivity contribution in [1.29, 1.82) is 0 Å². The van der Waals surface area contributed by atoms with Crippen LogP contribution in [0.4, 0.5) is 9.41 Å². The summed E-state index contributed by atoms with van der Waals surface area (Å²) in [6.07, 6.45) is 0. The van der Waals surface area contributed by atoms with E-state index < -0.39 is 0 Å². The predicted octanol–water partition coefficient (Wildman–Crippen LogP) is -2.58. The van der Waals surface area contributed by atoms with Crippen LogP contribution in [0.1, 0.15) is 1.43 Å². The normalized spacial score (nSPS) is 0. The molecular weight excluding hydrogens is 189 g/mol. The monoisotopic (exact) mass is 190 g/mol. The van der Waals surface area contributed by atoms with Crippen LogP contribution in [0.3, 0.4) is 0 Å². The van der Waals surface area contributed by atoms with E-state index in [1.54, 1.807) is 0 Å². The quantitative estimate of drug-likeness (QED) is 0.370. The summed E-state index contributed by atoms with van der Waals surface area (Å²) in [5, 5.41) is 0. The second kappa shape index (κ2) is 21.3. The molecule has 0 saturated heterocycles. The summed E-state index contributed by atoms with van der Waals surface area (Å²) in [4.78, 5) is 0. The van der Waals surface area contributed by atoms with E-state index in [2.05, 4.69) is 0 Å². The molecular formula is H3F2LiNd. The molecule has 0 aromatic carbocycles. The number of rotatable bonds is 0. The number of hydrogen-bond acceptors (Lipinski definition) is 0. The topological polar surface area (TPSA) is 0 Å². The zero-order chi connectivity index (χ0) is 0. The molecule has 0 radical (unpaired) electrons. The summed E-state index contributed by atoms with van der Waals surface area (Å²) in [6, 6.07) is 0. The molecule has 0 bridgehead atoms. The summed E-state index contributed by atoms with van der Waals surface area (Å²) < 4.78 is 0. The summed E-state index contributed by atoms with van der Waals surface area (Å²) in [6.45, 7) is 0. The average molecular weight is 192 g/mol. The van der Waals surface area contributed by atoms with Crippen molar-refractivity contribution in [1.82, 2.24) is 0 Å². The van der Waals surface area contributed by atoms with Crippen LogP contribution < -0.4 is 18.9 Å². The van der Waals surface area contributed by atoms with E-state index in [9.17, 15) is 0 Å². The van der Waals surface area contributed by atoms with Crippen LogP contribution >= 0.6 is 0 Å². The van der Waals surface area contributed by atoms with Gasteiger partial charge in [-0.2, -0.15) is 0 Å². The minimum absolute atomic E-state index is 0. The summed E-state index contributed by atoms with van der Waals surface area (Å²) in [5.41, 5.74) is 0. The maximum absolute atomic E-state index is 0. The van der Waals surface area contributed by atoms with Crippen LogP contribution in [-0.2, 0) is 0 Å². The van der Waals surface area contributed by atoms with Crippen LogP contribution in [0.25, 0.3) is 0 Å². The van der Waals surface area contributed by atoms with Gasteiger partial charge < -0.3 is 1.43 Å². The molecule has 0 nitrogen and oxygen atoms in total. The molecule has 0 aliphatic carbocycles. The molecule has 4 heavy (non-hydrogen) atoms. The third kappa shape index (κ3) is 9.19. The van der Waals surface area contributed by atoms with Gasteiger partial charge in [-0.15, -0.1) is 0 Å². The largest absolute Gasteiger partial charge is 1.00 e. The van der Waals surface area contributed by atoms with Crippen molar-refractivity contribution < 1.29 is 70.5 Å². The van der Waals surface area contributed by atoms with Gasteiger partial charge in [0.1, 0.15) is 0 Å². The van der Waals surface area contributed by atoms with E-state index in [4.69, 9.17) is 0 Å². The van der Waals surface area contributed by atoms with Gasteiger partial charge in [0.25, 0.3) is 0 Å². The van der Waals surface area contributed by atoms with Crippen molar-refractivity contribution in [2.24, 2.45) is 0 Å². The average Bonchev–Trinajstić information content (AvgIpc) is 0. The first-order valence-corrected chi connectivity index (χ1v) is 0. The van der Waals surface area contributed by atoms with Gasteiger partial charge in [0.2, 0.25) is 0 Å². The van der Waals surface area contributed by atoms with Gasteiger partial charge in [0.15, 0.2) is 0 Å². The Balaban J connectivity index is 0. The molecule has 0 unspecified atom stereocenters. The molecule has 0 aromatic rings. The fourth-order valence-corrected chi connectivity index (χ4v) is 0. The van der Waals surface area contributed by atoms with E-state index in [-0.39, 0.29) is 70.5 Å². The van der Waals surface area contributed by atoms with Crippen molar-refractivity contribution >= 4 is 0 Å². The number of halogens is 2. The van der Waals surface area contributed by atoms with Crippen molar-refractivity contribution in [3.63, 3.8) is 0 Å². The Bertz CT molecular complexity index is 9.61. The smallest absolute Gasteiger partial charge is 1.00 e. The molecule has 22 valence electrons. The van der Waals surface area contributed by atoms with E-state index in [0.29, 0.717) is 0 Å². The third-order valence-electron chi connectivity index (χ3n) is 0. The van der Waals surface area contributed by atoms with Crippen molar-refractivity contribution in [3.05, 3.63) is 0 Å². The first kappa shape index (κ1) is 41.1. The van der Waals surface area contributed by atoms with Gasteiger partial charge in [0.05, 0.1) is 0 Å². The van der Waals surface area contributed by atoms with Crippen LogP contribution in [0.5, 0.6) is 0 Å². The first-order chi connectivity index (χ1) is 0. The van der Waals surface area contributed by atoms with Crippen LogP contribution in [0, 0.1) is 40.8 Å². The summed E-state index contributed by atoms with van der Waals surface area (Å²) in [5.74, 6) is 0. The van der Waals surface area contributed by atoms with Gasteiger partial charge in [-0.3, -0.25) is 9.41 Å². The first-order valence-electron chi connectivity index (χ1n) is 0. The molecule has 4 heteroatoms. The second-order valence-corrected chi connectivity index (χ2v) is 0. The maximum Gasteiger partial charge on any atom is 1.00 e. The minimum atomic E-state index is 0. The van der Waals surface area contributed by atoms with E-state index >= 15 is 0 Å². The molecule has 0 aliphatic heterocycles. The van der Waals surface area contributed by atoms with Crippen molar-refractivity contribution in [2.45, 2.75) is 0 Å². The van der Waals surface area contributed by atoms with Gasteiger partial charge in [0, 0.05) is 40.8 Å². The molecule has 0 heterocycles. The molecule has 0 aromatic heterocycles. The fraction of sp³-hybridized carbons (Fsp3) is 0. The van der Waals surface area contributed by atoms with E-state index in [1.165, 1.54) is 0 Å². The van der Waals surface area contributed by atoms with E-state index in [1.807, 2.05) is 0 Å².